The molecule has 1 aliphatic carbocycles. The van der Waals surface area contributed by atoms with Crippen molar-refractivity contribution in [2.24, 2.45) is 4.99 Å². The molecule has 4 aromatic carbocycles. The molecule has 0 amide bonds. The summed E-state index contributed by atoms with van der Waals surface area (Å²) in [6, 6.07) is 19.2. The molecule has 4 aromatic rings. The summed E-state index contributed by atoms with van der Waals surface area (Å²) in [6.45, 7) is 8.07. The maximum absolute atomic E-state index is 15.3. The first kappa shape index (κ1) is 73.4. The van der Waals surface area contributed by atoms with Crippen LogP contribution >= 0.6 is 0 Å². The van der Waals surface area contributed by atoms with Gasteiger partial charge in [0, 0.05) is 58.6 Å². The van der Waals surface area contributed by atoms with E-state index in [-0.39, 0.29) is 87.3 Å². The Kier molecular flexibility index (Phi) is 32.1. The predicted octanol–water partition coefficient (Wildman–Crippen LogP) is 18.0. The van der Waals surface area contributed by atoms with Crippen LogP contribution in [0.2, 0.25) is 0 Å². The van der Waals surface area contributed by atoms with Crippen molar-refractivity contribution >= 4 is 73.8 Å². The molecule has 2 unspecified atom stereocenters. The highest BCUT2D eigenvalue weighted by atomic mass is 16.6. The van der Waals surface area contributed by atoms with Crippen molar-refractivity contribution in [1.82, 2.24) is 0 Å². The lowest BCUT2D eigenvalue weighted by atomic mass is 9.69. The summed E-state index contributed by atoms with van der Waals surface area (Å²) >= 11 is 0. The van der Waals surface area contributed by atoms with Gasteiger partial charge in [-0.2, -0.15) is 0 Å². The second-order valence-corrected chi connectivity index (χ2v) is 27.1. The van der Waals surface area contributed by atoms with Crippen molar-refractivity contribution in [3.05, 3.63) is 76.8 Å². The van der Waals surface area contributed by atoms with Gasteiger partial charge in [-0.05, 0) is 54.2 Å². The molecule has 4 N–H and O–H groups in total. The molecule has 2 heterocycles. The van der Waals surface area contributed by atoms with E-state index in [1.54, 1.807) is 0 Å². The zero-order valence-electron chi connectivity index (χ0n) is 57.1. The Morgan fingerprint density at radius 1 is 0.424 bits per heavy atom. The number of ketones is 1. The number of rotatable bonds is 49. The van der Waals surface area contributed by atoms with Crippen molar-refractivity contribution in [3.63, 3.8) is 0 Å². The first-order chi connectivity index (χ1) is 45.0. The van der Waals surface area contributed by atoms with Crippen molar-refractivity contribution in [2.45, 2.75) is 308 Å². The Morgan fingerprint density at radius 2 is 0.783 bits per heavy atom. The molecule has 0 radical (unpaired) electrons. The number of benzene rings is 4. The van der Waals surface area contributed by atoms with Crippen LogP contribution < -0.4 is 26.5 Å². The number of hydrogen-bond acceptors (Lipinski definition) is 14. The van der Waals surface area contributed by atoms with Crippen molar-refractivity contribution in [2.75, 3.05) is 42.4 Å². The number of aliphatic hydroxyl groups excluding tert-OH is 1. The Balaban J connectivity index is 1.13. The average Bonchev–Trinajstić information content (AvgIpc) is 0.715. The fraction of sp³-hybridized carbons (Fsp3) is 0.667. The molecule has 14 heteroatoms. The molecule has 14 nitrogen and oxygen atoms in total. The normalized spacial score (nSPS) is 16.5. The molecule has 1 fully saturated rings. The van der Waals surface area contributed by atoms with Crippen LogP contribution in [0.1, 0.15) is 296 Å². The first-order valence-corrected chi connectivity index (χ1v) is 36.9. The molecule has 0 saturated heterocycles. The van der Waals surface area contributed by atoms with Gasteiger partial charge < -0.3 is 40.0 Å². The van der Waals surface area contributed by atoms with Gasteiger partial charge in [0.05, 0.1) is 23.1 Å². The molecule has 0 bridgehead atoms. The number of aliphatic hydroxyl groups is 1. The fourth-order valence-corrected chi connectivity index (χ4v) is 13.6. The van der Waals surface area contributed by atoms with E-state index in [2.05, 4.69) is 43.6 Å². The standard InChI is InChI=1S/C78H116N4O10/c1-5-9-13-17-21-25-29-33-37-47-65(83)89-55-77(56-90-66(84)48-38-34-30-26-22-18-14-10-6-2)79-63-45-41-43-59-51-53-61(73(81-77)69(59)63)71-75(87)72(76(71)88)62-54-52-60-44-42-46-64-70(60)74(62)82-78(80-64,57-91-67(85)49-39-35-31-27-23-19-15-11-7-3)58-92-68(86)50-40-36-32-28-24-20-16-12-8-4/h41-46,51-54,71,75,79-81,87H,5-40,47-50,55-58H2,1-4H3. The van der Waals surface area contributed by atoms with E-state index in [1.165, 1.54) is 128 Å². The minimum Gasteiger partial charge on any atom is -0.461 e. The average molecular weight is 1270 g/mol. The topological polar surface area (TPSA) is 191 Å². The summed E-state index contributed by atoms with van der Waals surface area (Å²) < 4.78 is 24.4. The molecule has 3 aliphatic rings. The van der Waals surface area contributed by atoms with Gasteiger partial charge in [0.1, 0.15) is 26.4 Å². The Labute approximate surface area is 551 Å². The van der Waals surface area contributed by atoms with Crippen molar-refractivity contribution in [1.29, 1.82) is 0 Å². The number of nitrogens with one attached hydrogen (secondary N) is 3. The summed E-state index contributed by atoms with van der Waals surface area (Å²) in [5.41, 5.74) is -0.119. The molecule has 508 valence electrons. The number of carbonyl (C=O) groups is 5. The zero-order valence-corrected chi connectivity index (χ0v) is 57.1. The van der Waals surface area contributed by atoms with Crippen LogP contribution in [-0.2, 0) is 42.9 Å². The second-order valence-electron chi connectivity index (χ2n) is 27.1. The lowest BCUT2D eigenvalue weighted by molar-refractivity contribution is -0.151. The molecular formula is C78H116N4O10. The summed E-state index contributed by atoms with van der Waals surface area (Å²) in [5, 5.41) is 27.5. The second kappa shape index (κ2) is 40.3. The van der Waals surface area contributed by atoms with Crippen LogP contribution in [0.5, 0.6) is 0 Å². The minimum atomic E-state index is -1.45. The van der Waals surface area contributed by atoms with Crippen LogP contribution in [0.4, 0.5) is 17.1 Å². The van der Waals surface area contributed by atoms with E-state index in [9.17, 15) is 24.3 Å². The number of unbranched alkanes of at least 4 members (excludes halogenated alkanes) is 32. The van der Waals surface area contributed by atoms with Gasteiger partial charge in [0.2, 0.25) is 0 Å². The quantitative estimate of drug-likeness (QED) is 0.0186. The third-order valence-corrected chi connectivity index (χ3v) is 19.2. The highest BCUT2D eigenvalue weighted by Crippen LogP contribution is 2.48. The van der Waals surface area contributed by atoms with Crippen molar-refractivity contribution < 1.29 is 48.0 Å². The van der Waals surface area contributed by atoms with Crippen LogP contribution in [-0.4, -0.2) is 78.6 Å². The number of Topliss-reactive ketones (excluding diaryl/α,β-unsaturated/α-hetero) is 1. The highest BCUT2D eigenvalue weighted by Gasteiger charge is 2.49. The third-order valence-electron chi connectivity index (χ3n) is 19.2. The lowest BCUT2D eigenvalue weighted by Crippen LogP contribution is -2.57. The monoisotopic (exact) mass is 1270 g/mol. The van der Waals surface area contributed by atoms with E-state index in [1.807, 2.05) is 60.7 Å². The van der Waals surface area contributed by atoms with E-state index < -0.39 is 23.3 Å². The molecule has 1 saturated carbocycles. The van der Waals surface area contributed by atoms with E-state index >= 15 is 4.79 Å². The molecule has 0 aromatic heterocycles. The highest BCUT2D eigenvalue weighted by molar-refractivity contribution is 6.28. The van der Waals surface area contributed by atoms with Crippen LogP contribution in [0.3, 0.4) is 0 Å². The van der Waals surface area contributed by atoms with Crippen molar-refractivity contribution in [3.8, 4) is 0 Å². The fourth-order valence-electron chi connectivity index (χ4n) is 13.6. The number of hydrogen-bond donors (Lipinski definition) is 4. The molecule has 2 aliphatic heterocycles. The van der Waals surface area contributed by atoms with E-state index in [0.717, 1.165) is 98.6 Å². The Bertz CT molecular complexity index is 2990. The minimum absolute atomic E-state index is 0.180. The van der Waals surface area contributed by atoms with Gasteiger partial charge in [-0.15, -0.1) is 0 Å². The lowest BCUT2D eigenvalue weighted by Gasteiger charge is -2.43. The third kappa shape index (κ3) is 22.6. The van der Waals surface area contributed by atoms with Crippen LogP contribution in [0.15, 0.2) is 65.7 Å². The van der Waals surface area contributed by atoms with Gasteiger partial charge in [-0.3, -0.25) is 24.0 Å². The van der Waals surface area contributed by atoms with Gasteiger partial charge in [0.25, 0.3) is 0 Å². The van der Waals surface area contributed by atoms with Gasteiger partial charge in [-0.1, -0.05) is 282 Å². The summed E-state index contributed by atoms with van der Waals surface area (Å²) in [4.78, 5) is 75.0. The van der Waals surface area contributed by atoms with E-state index in [0.29, 0.717) is 58.9 Å². The molecule has 7 rings (SSSR count). The molecule has 92 heavy (non-hydrogen) atoms. The Hall–Kier alpha value is -6.02. The number of anilines is 3. The Morgan fingerprint density at radius 3 is 1.18 bits per heavy atom. The molecule has 0 spiro atoms. The first-order valence-electron chi connectivity index (χ1n) is 36.9. The van der Waals surface area contributed by atoms with Crippen LogP contribution in [0, 0.1) is 0 Å². The number of nitrogens with zero attached hydrogens (tertiary/aromatic N) is 1. The van der Waals surface area contributed by atoms with Gasteiger partial charge >= 0.3 is 23.9 Å². The number of ether oxygens (including phenoxy) is 4. The van der Waals surface area contributed by atoms with Crippen LogP contribution in [0.25, 0.3) is 27.1 Å². The maximum atomic E-state index is 15.3. The largest absolute Gasteiger partial charge is 0.461 e. The van der Waals surface area contributed by atoms with E-state index in [4.69, 9.17) is 23.9 Å². The summed E-state index contributed by atoms with van der Waals surface area (Å²) in [5.74, 6) is -2.73. The summed E-state index contributed by atoms with van der Waals surface area (Å²) in [7, 11) is 0. The molecule has 2 atom stereocenters. The van der Waals surface area contributed by atoms with Gasteiger partial charge in [0.15, 0.2) is 17.1 Å². The number of carbonyl (C=O) groups excluding carboxylic acids is 5. The smallest absolute Gasteiger partial charge is 0.305 e. The zero-order chi connectivity index (χ0) is 65.2. The number of esters is 4. The van der Waals surface area contributed by atoms with Gasteiger partial charge in [-0.25, -0.2) is 4.99 Å². The summed E-state index contributed by atoms with van der Waals surface area (Å²) in [6.07, 6.45) is 40.0. The SMILES string of the molecule is CCCCCCCCCCCC(=O)OCC1(COC(=O)CCCCCCCCCCC)N=c2c(=C3C(=O)C(c4ccc5cccc6c5c4NC(COC(=O)CCCCCCCCCCC)(COC(=O)CCCCCCCCCCC)N6)C3O)ccc3cccc(c23)N1. The maximum Gasteiger partial charge on any atom is 0.305 e. The molecular weight excluding hydrogens is 1150 g/mol. The predicted molar refractivity (Wildman–Crippen MR) is 373 cm³/mol.